The van der Waals surface area contributed by atoms with Gasteiger partial charge in [-0.2, -0.15) is 0 Å². The molecule has 46 heavy (non-hydrogen) atoms. The number of β-amino-alcohol motifs (C(OH)–C–C–N with tert-alkyl or cyclic N) is 1. The minimum atomic E-state index is -0.907. The summed E-state index contributed by atoms with van der Waals surface area (Å²) in [6.45, 7) is 8.20. The van der Waals surface area contributed by atoms with Crippen LogP contribution >= 0.6 is 11.3 Å². The number of amides is 3. The molecule has 4 N–H and O–H groups in total. The number of aliphatic hydroxyl groups is 1. The molecular weight excluding hydrogens is 610 g/mol. The van der Waals surface area contributed by atoms with Gasteiger partial charge in [-0.05, 0) is 42.7 Å². The van der Waals surface area contributed by atoms with Gasteiger partial charge in [0.15, 0.2) is 0 Å². The molecule has 3 heterocycles. The fourth-order valence-electron chi connectivity index (χ4n) is 5.40. The van der Waals surface area contributed by atoms with Crippen LogP contribution in [0.1, 0.15) is 69.8 Å². The van der Waals surface area contributed by atoms with Crippen LogP contribution in [-0.2, 0) is 38.7 Å². The van der Waals surface area contributed by atoms with Gasteiger partial charge in [-0.15, -0.1) is 16.4 Å². The zero-order valence-electron chi connectivity index (χ0n) is 26.7. The third kappa shape index (κ3) is 9.42. The Labute approximate surface area is 272 Å². The molecule has 13 nitrogen and oxygen atoms in total. The molecule has 0 radical (unpaired) electrons. The molecule has 1 aliphatic rings. The maximum atomic E-state index is 13.8. The molecule has 2 aromatic heterocycles. The first-order chi connectivity index (χ1) is 21.8. The summed E-state index contributed by atoms with van der Waals surface area (Å²) in [6, 6.07) is 6.09. The molecule has 4 rings (SSSR count). The van der Waals surface area contributed by atoms with Crippen molar-refractivity contribution >= 4 is 35.0 Å². The molecular formula is C32H43N7O6S. The monoisotopic (exact) mass is 653 g/mol. The van der Waals surface area contributed by atoms with Crippen molar-refractivity contribution in [1.82, 2.24) is 35.5 Å². The number of aromatic nitrogens is 4. The molecule has 1 aliphatic heterocycles. The SMILES string of the molecule is Cc1ncsc1-c1ccc(CNC(=O)[C@@H]2C[C@@H](O)CN2C(=O)C(NC(=O)CCCn2cc(CCCC(=O)O)nn2)C(C)(C)C)cc1. The zero-order valence-corrected chi connectivity index (χ0v) is 27.5. The highest BCUT2D eigenvalue weighted by atomic mass is 32.1. The first kappa shape index (κ1) is 34.7. The molecule has 3 amide bonds. The molecule has 248 valence electrons. The lowest BCUT2D eigenvalue weighted by Gasteiger charge is -2.35. The van der Waals surface area contributed by atoms with Crippen LogP contribution < -0.4 is 10.6 Å². The van der Waals surface area contributed by atoms with E-state index in [9.17, 15) is 24.3 Å². The second-order valence-corrected chi connectivity index (χ2v) is 13.6. The van der Waals surface area contributed by atoms with E-state index < -0.39 is 35.5 Å². The maximum absolute atomic E-state index is 13.8. The normalized spacial score (nSPS) is 17.1. The average Bonchev–Trinajstić information content (AvgIpc) is 3.74. The van der Waals surface area contributed by atoms with E-state index in [0.717, 1.165) is 21.7 Å². The molecule has 0 spiro atoms. The van der Waals surface area contributed by atoms with Crippen molar-refractivity contribution in [3.63, 3.8) is 0 Å². The van der Waals surface area contributed by atoms with Gasteiger partial charge in [0.1, 0.15) is 12.1 Å². The molecule has 1 saturated heterocycles. The fraction of sp³-hybridized carbons (Fsp3) is 0.531. The van der Waals surface area contributed by atoms with Crippen molar-refractivity contribution in [2.24, 2.45) is 5.41 Å². The Morgan fingerprint density at radius 3 is 2.50 bits per heavy atom. The van der Waals surface area contributed by atoms with Crippen molar-refractivity contribution in [1.29, 1.82) is 0 Å². The summed E-state index contributed by atoms with van der Waals surface area (Å²) in [5.74, 6) is -1.94. The number of hydrogen-bond acceptors (Lipinski definition) is 9. The van der Waals surface area contributed by atoms with Crippen molar-refractivity contribution in [3.8, 4) is 10.4 Å². The highest BCUT2D eigenvalue weighted by Gasteiger charge is 2.44. The third-order valence-corrected chi connectivity index (χ3v) is 8.89. The van der Waals surface area contributed by atoms with Crippen LogP contribution in [-0.4, -0.2) is 83.5 Å². The van der Waals surface area contributed by atoms with Gasteiger partial charge >= 0.3 is 5.97 Å². The van der Waals surface area contributed by atoms with Crippen molar-refractivity contribution in [2.45, 2.75) is 97.5 Å². The smallest absolute Gasteiger partial charge is 0.303 e. The first-order valence-corrected chi connectivity index (χ1v) is 16.4. The van der Waals surface area contributed by atoms with Crippen LogP contribution in [0.3, 0.4) is 0 Å². The van der Waals surface area contributed by atoms with E-state index in [-0.39, 0.29) is 44.2 Å². The number of likely N-dealkylation sites (tertiary alicyclic amines) is 1. The van der Waals surface area contributed by atoms with Crippen LogP contribution in [0.25, 0.3) is 10.4 Å². The predicted octanol–water partition coefficient (Wildman–Crippen LogP) is 2.71. The number of rotatable bonds is 14. The number of nitrogens with one attached hydrogen (secondary N) is 2. The number of carbonyl (C=O) groups is 4. The van der Waals surface area contributed by atoms with E-state index in [0.29, 0.717) is 31.5 Å². The summed E-state index contributed by atoms with van der Waals surface area (Å²) in [6.07, 6.45) is 2.63. The van der Waals surface area contributed by atoms with Gasteiger partial charge in [-0.3, -0.25) is 23.9 Å². The summed E-state index contributed by atoms with van der Waals surface area (Å²) >= 11 is 1.57. The van der Waals surface area contributed by atoms with E-state index >= 15 is 0 Å². The number of hydrogen-bond donors (Lipinski definition) is 4. The number of benzene rings is 1. The fourth-order valence-corrected chi connectivity index (χ4v) is 6.21. The van der Waals surface area contributed by atoms with Crippen LogP contribution in [0.15, 0.2) is 36.0 Å². The van der Waals surface area contributed by atoms with Crippen LogP contribution in [0.4, 0.5) is 0 Å². The van der Waals surface area contributed by atoms with E-state index in [2.05, 4.69) is 25.9 Å². The minimum Gasteiger partial charge on any atom is -0.481 e. The second-order valence-electron chi connectivity index (χ2n) is 12.8. The Kier molecular flexibility index (Phi) is 11.6. The van der Waals surface area contributed by atoms with Gasteiger partial charge in [0.25, 0.3) is 0 Å². The standard InChI is InChI=1S/C32H43N7O6S/c1-20-28(46-19-34-20)22-12-10-21(11-13-22)16-33-30(44)25-15-24(40)18-39(25)31(45)29(32(2,3)4)35-26(41)8-6-14-38-17-23(36-37-38)7-5-9-27(42)43/h10-13,17,19,24-25,29,40H,5-9,14-16,18H2,1-4H3,(H,33,44)(H,35,41)(H,42,43)/t24-,25+,29?/m1/s1. The van der Waals surface area contributed by atoms with E-state index in [1.165, 1.54) is 4.90 Å². The van der Waals surface area contributed by atoms with Crippen LogP contribution in [0, 0.1) is 12.3 Å². The number of carboxylic acid groups (broad SMARTS) is 1. The van der Waals surface area contributed by atoms with E-state index in [1.54, 1.807) is 22.2 Å². The van der Waals surface area contributed by atoms with Gasteiger partial charge in [-0.1, -0.05) is 50.3 Å². The summed E-state index contributed by atoms with van der Waals surface area (Å²) in [5.41, 5.74) is 4.76. The Hall–Kier alpha value is -4.17. The zero-order chi connectivity index (χ0) is 33.4. The van der Waals surface area contributed by atoms with Gasteiger partial charge in [0.2, 0.25) is 17.7 Å². The molecule has 1 aromatic carbocycles. The van der Waals surface area contributed by atoms with Crippen LogP contribution in [0.5, 0.6) is 0 Å². The number of aliphatic hydroxyl groups excluding tert-OH is 1. The van der Waals surface area contributed by atoms with Gasteiger partial charge in [0, 0.05) is 45.1 Å². The summed E-state index contributed by atoms with van der Waals surface area (Å²) < 4.78 is 1.61. The minimum absolute atomic E-state index is 0.00334. The number of carbonyl (C=O) groups excluding carboxylic acids is 3. The largest absolute Gasteiger partial charge is 0.481 e. The van der Waals surface area contributed by atoms with Crippen molar-refractivity contribution in [3.05, 3.63) is 52.9 Å². The van der Waals surface area contributed by atoms with Crippen LogP contribution in [0.2, 0.25) is 0 Å². The van der Waals surface area contributed by atoms with Gasteiger partial charge in [0.05, 0.1) is 27.9 Å². The molecule has 14 heteroatoms. The third-order valence-electron chi connectivity index (χ3n) is 7.91. The maximum Gasteiger partial charge on any atom is 0.303 e. The Morgan fingerprint density at radius 2 is 1.85 bits per heavy atom. The van der Waals surface area contributed by atoms with Gasteiger partial charge < -0.3 is 25.7 Å². The summed E-state index contributed by atoms with van der Waals surface area (Å²) in [5, 5.41) is 33.1. The van der Waals surface area contributed by atoms with E-state index in [1.807, 2.05) is 57.5 Å². The van der Waals surface area contributed by atoms with Gasteiger partial charge in [-0.25, -0.2) is 4.98 Å². The lowest BCUT2D eigenvalue weighted by atomic mass is 9.85. The lowest BCUT2D eigenvalue weighted by molar-refractivity contribution is -0.144. The summed E-state index contributed by atoms with van der Waals surface area (Å²) in [4.78, 5) is 57.6. The molecule has 0 saturated carbocycles. The quantitative estimate of drug-likeness (QED) is 0.204. The molecule has 1 fully saturated rings. The Bertz CT molecular complexity index is 1510. The molecule has 3 atom stereocenters. The van der Waals surface area contributed by atoms with Crippen molar-refractivity contribution in [2.75, 3.05) is 6.54 Å². The molecule has 3 aromatic rings. The Morgan fingerprint density at radius 1 is 1.11 bits per heavy atom. The molecule has 1 unspecified atom stereocenters. The number of aliphatic carboxylic acids is 1. The second kappa shape index (κ2) is 15.4. The predicted molar refractivity (Wildman–Crippen MR) is 171 cm³/mol. The first-order valence-electron chi connectivity index (χ1n) is 15.5. The molecule has 0 bridgehead atoms. The highest BCUT2D eigenvalue weighted by molar-refractivity contribution is 7.13. The average molecular weight is 654 g/mol. The highest BCUT2D eigenvalue weighted by Crippen LogP contribution is 2.28. The number of thiazole rings is 1. The lowest BCUT2D eigenvalue weighted by Crippen LogP contribution is -2.57. The Balaban J connectivity index is 1.30. The topological polar surface area (TPSA) is 180 Å². The summed E-state index contributed by atoms with van der Waals surface area (Å²) in [7, 11) is 0. The van der Waals surface area contributed by atoms with E-state index in [4.69, 9.17) is 5.11 Å². The number of nitrogens with zero attached hydrogens (tertiary/aromatic N) is 5. The number of carboxylic acids is 1. The molecule has 0 aliphatic carbocycles. The number of aryl methyl sites for hydroxylation is 3. The van der Waals surface area contributed by atoms with Crippen molar-refractivity contribution < 1.29 is 29.4 Å².